The second kappa shape index (κ2) is 21.4. The summed E-state index contributed by atoms with van der Waals surface area (Å²) in [5, 5.41) is 6.18. The number of likely N-dealkylation sites (tertiary alicyclic amines) is 2. The Kier molecular flexibility index (Phi) is 14.9. The minimum Gasteiger partial charge on any atom is -0.375 e. The molecular formula is C55H63F2N9O5. The third-order valence-corrected chi connectivity index (χ3v) is 14.2. The predicted octanol–water partition coefficient (Wildman–Crippen LogP) is 9.14. The van der Waals surface area contributed by atoms with Crippen LogP contribution in [0.2, 0.25) is 0 Å². The molecule has 0 unspecified atom stereocenters. The molecule has 0 aliphatic carbocycles. The van der Waals surface area contributed by atoms with Gasteiger partial charge in [0.15, 0.2) is 0 Å². The van der Waals surface area contributed by atoms with E-state index >= 15 is 8.78 Å². The van der Waals surface area contributed by atoms with Crippen molar-refractivity contribution in [3.8, 4) is 22.5 Å². The standard InChI is InChI=1S/C55H63F2N9O5/c1-6-70-55(4,5)40-13-14-44(47(57)28-40)52(67)62-48-30-41(56)29-45(36(48)3)50-46-31-49(61-51(46)59-34-58-50)38-11-9-37(10-12-38)32-64-23-18-43(19-24-64)71-42-16-21-63(22-17-42)26-27-65-20-7-8-39(53(65)68)33-66-25-15-35(2)60-54(66)69/h7-14,20,28-31,34,42-43H,2,6,15-19,21-27,32-33H2,1,3-5H3,(H,60,69)(H,62,67)(H,58,59,61). The molecule has 16 heteroatoms. The zero-order chi connectivity index (χ0) is 49.8. The Labute approximate surface area is 413 Å². The van der Waals surface area contributed by atoms with Crippen LogP contribution in [0.4, 0.5) is 19.3 Å². The van der Waals surface area contributed by atoms with Crippen LogP contribution in [0.1, 0.15) is 85.5 Å². The van der Waals surface area contributed by atoms with Gasteiger partial charge in [0.25, 0.3) is 11.5 Å². The summed E-state index contributed by atoms with van der Waals surface area (Å²) in [7, 11) is 0. The highest BCUT2D eigenvalue weighted by Crippen LogP contribution is 2.36. The summed E-state index contributed by atoms with van der Waals surface area (Å²) in [5.41, 5.74) is 6.31. The number of urea groups is 1. The lowest BCUT2D eigenvalue weighted by Gasteiger charge is -2.37. The van der Waals surface area contributed by atoms with E-state index in [4.69, 9.17) is 9.47 Å². The van der Waals surface area contributed by atoms with Crippen molar-refractivity contribution in [2.75, 3.05) is 51.2 Å². The molecule has 372 valence electrons. The van der Waals surface area contributed by atoms with Crippen LogP contribution in [0, 0.1) is 18.6 Å². The Morgan fingerprint density at radius 2 is 1.62 bits per heavy atom. The molecule has 0 bridgehead atoms. The summed E-state index contributed by atoms with van der Waals surface area (Å²) in [6, 6.07) is 20.9. The smallest absolute Gasteiger partial charge is 0.321 e. The molecule has 71 heavy (non-hydrogen) atoms. The molecule has 0 atom stereocenters. The summed E-state index contributed by atoms with van der Waals surface area (Å²) < 4.78 is 44.8. The molecule has 0 radical (unpaired) electrons. The lowest BCUT2D eigenvalue weighted by Crippen LogP contribution is -2.45. The van der Waals surface area contributed by atoms with Gasteiger partial charge in [0.2, 0.25) is 0 Å². The second-order valence-electron chi connectivity index (χ2n) is 19.5. The van der Waals surface area contributed by atoms with Gasteiger partial charge in [-0.05, 0) is 112 Å². The number of aromatic amines is 1. The number of fused-ring (bicyclic) bond motifs is 1. The van der Waals surface area contributed by atoms with E-state index in [1.165, 1.54) is 36.2 Å². The molecule has 9 rings (SSSR count). The maximum atomic E-state index is 15.3. The fourth-order valence-corrected chi connectivity index (χ4v) is 10.0. The van der Waals surface area contributed by atoms with Gasteiger partial charge in [0.1, 0.15) is 23.6 Å². The highest BCUT2D eigenvalue weighted by atomic mass is 19.1. The first-order valence-electron chi connectivity index (χ1n) is 24.7. The maximum Gasteiger partial charge on any atom is 0.321 e. The summed E-state index contributed by atoms with van der Waals surface area (Å²) >= 11 is 0. The minimum atomic E-state index is -0.736. The topological polar surface area (TPSA) is 150 Å². The van der Waals surface area contributed by atoms with Crippen molar-refractivity contribution in [2.24, 2.45) is 0 Å². The number of carbonyl (C=O) groups excluding carboxylic acids is 2. The summed E-state index contributed by atoms with van der Waals surface area (Å²) in [4.78, 5) is 58.0. The number of benzene rings is 3. The third kappa shape index (κ3) is 11.5. The maximum absolute atomic E-state index is 15.3. The predicted molar refractivity (Wildman–Crippen MR) is 271 cm³/mol. The Morgan fingerprint density at radius 1 is 0.887 bits per heavy atom. The fourth-order valence-electron chi connectivity index (χ4n) is 10.0. The number of carbonyl (C=O) groups is 2. The molecule has 3 aromatic carbocycles. The third-order valence-electron chi connectivity index (χ3n) is 14.2. The van der Waals surface area contributed by atoms with Crippen molar-refractivity contribution in [3.63, 3.8) is 0 Å². The van der Waals surface area contributed by atoms with Crippen LogP contribution in [-0.4, -0.2) is 104 Å². The molecule has 3 amide bonds. The minimum absolute atomic E-state index is 0.0495. The average molecular weight is 968 g/mol. The molecular weight excluding hydrogens is 905 g/mol. The van der Waals surface area contributed by atoms with Gasteiger partial charge in [0, 0.05) is 105 Å². The first-order valence-corrected chi connectivity index (χ1v) is 24.7. The van der Waals surface area contributed by atoms with Gasteiger partial charge in [-0.3, -0.25) is 14.5 Å². The molecule has 3 fully saturated rings. The monoisotopic (exact) mass is 967 g/mol. The van der Waals surface area contributed by atoms with E-state index in [1.54, 1.807) is 28.5 Å². The van der Waals surface area contributed by atoms with Crippen molar-refractivity contribution >= 4 is 28.7 Å². The van der Waals surface area contributed by atoms with Crippen molar-refractivity contribution in [3.05, 3.63) is 147 Å². The number of aromatic nitrogens is 4. The molecule has 6 heterocycles. The lowest BCUT2D eigenvalue weighted by molar-refractivity contribution is -0.0658. The average Bonchev–Trinajstić information content (AvgIpc) is 3.80. The Bertz CT molecular complexity index is 2970. The van der Waals surface area contributed by atoms with Gasteiger partial charge >= 0.3 is 6.03 Å². The summed E-state index contributed by atoms with van der Waals surface area (Å²) in [6.07, 6.45) is 8.34. The van der Waals surface area contributed by atoms with Gasteiger partial charge in [-0.25, -0.2) is 23.5 Å². The molecule has 3 aromatic heterocycles. The molecule has 3 aliphatic heterocycles. The number of piperidine rings is 2. The Balaban J connectivity index is 0.751. The van der Waals surface area contributed by atoms with Crippen LogP contribution in [0.3, 0.4) is 0 Å². The van der Waals surface area contributed by atoms with E-state index in [1.807, 2.05) is 39.1 Å². The van der Waals surface area contributed by atoms with Gasteiger partial charge in [0.05, 0.1) is 35.6 Å². The van der Waals surface area contributed by atoms with Gasteiger partial charge in [-0.2, -0.15) is 0 Å². The van der Waals surface area contributed by atoms with Crippen LogP contribution in [0.5, 0.6) is 0 Å². The lowest BCUT2D eigenvalue weighted by atomic mass is 9.96. The quantitative estimate of drug-likeness (QED) is 0.0864. The summed E-state index contributed by atoms with van der Waals surface area (Å²) in [5.74, 6) is -1.98. The van der Waals surface area contributed by atoms with E-state index in [0.717, 1.165) is 76.2 Å². The number of anilines is 1. The molecule has 3 aliphatic rings. The molecule has 6 aromatic rings. The number of hydrogen-bond acceptors (Lipinski definition) is 9. The number of nitrogens with one attached hydrogen (secondary N) is 3. The summed E-state index contributed by atoms with van der Waals surface area (Å²) in [6.45, 7) is 18.4. The van der Waals surface area contributed by atoms with Crippen molar-refractivity contribution < 1.29 is 27.8 Å². The van der Waals surface area contributed by atoms with Crippen molar-refractivity contribution in [1.29, 1.82) is 0 Å². The van der Waals surface area contributed by atoms with E-state index in [9.17, 15) is 14.4 Å². The first kappa shape index (κ1) is 49.4. The number of hydrogen-bond donors (Lipinski definition) is 3. The molecule has 14 nitrogen and oxygen atoms in total. The number of rotatable bonds is 16. The number of pyridine rings is 1. The van der Waals surface area contributed by atoms with Crippen molar-refractivity contribution in [2.45, 2.75) is 97.2 Å². The van der Waals surface area contributed by atoms with Crippen LogP contribution in [0.15, 0.2) is 102 Å². The fraction of sp³-hybridized carbons (Fsp3) is 0.400. The van der Waals surface area contributed by atoms with Crippen LogP contribution < -0.4 is 16.2 Å². The van der Waals surface area contributed by atoms with E-state index in [0.29, 0.717) is 70.8 Å². The number of H-pyrrole nitrogens is 1. The second-order valence-corrected chi connectivity index (χ2v) is 19.5. The molecule has 0 spiro atoms. The van der Waals surface area contributed by atoms with Gasteiger partial charge in [-0.1, -0.05) is 43.0 Å². The molecule has 3 saturated heterocycles. The highest BCUT2D eigenvalue weighted by molar-refractivity contribution is 6.06. The Hall–Kier alpha value is -6.59. The highest BCUT2D eigenvalue weighted by Gasteiger charge is 2.28. The van der Waals surface area contributed by atoms with Crippen LogP contribution >= 0.6 is 0 Å². The zero-order valence-corrected chi connectivity index (χ0v) is 41.0. The number of amides is 3. The molecule has 0 saturated carbocycles. The van der Waals surface area contributed by atoms with Gasteiger partial charge < -0.3 is 39.5 Å². The number of halogens is 2. The van der Waals surface area contributed by atoms with E-state index in [-0.39, 0.29) is 41.6 Å². The van der Waals surface area contributed by atoms with Crippen LogP contribution in [0.25, 0.3) is 33.5 Å². The number of nitrogens with zero attached hydrogens (tertiary/aromatic N) is 6. The van der Waals surface area contributed by atoms with E-state index < -0.39 is 23.1 Å². The zero-order valence-electron chi connectivity index (χ0n) is 41.0. The number of ether oxygens (including phenoxy) is 2. The van der Waals surface area contributed by atoms with Crippen LogP contribution in [-0.2, 0) is 34.7 Å². The Morgan fingerprint density at radius 3 is 2.32 bits per heavy atom. The normalized spacial score (nSPS) is 16.7. The first-order chi connectivity index (χ1) is 34.2. The molecule has 3 N–H and O–H groups in total. The van der Waals surface area contributed by atoms with Gasteiger partial charge in [-0.15, -0.1) is 0 Å². The van der Waals surface area contributed by atoms with E-state index in [2.05, 4.69) is 66.2 Å². The van der Waals surface area contributed by atoms with Crippen molar-refractivity contribution in [1.82, 2.24) is 39.5 Å². The largest absolute Gasteiger partial charge is 0.375 e. The SMILES string of the molecule is C=C1CCN(Cc2cccn(CCN3CCC(OC4CCN(Cc5ccc(-c6cc7c(-c8cc(F)cc(NC(=O)c9ccc(C(C)(C)OCC)cc9F)c8C)ncnc7[nH]6)cc5)CC4)CC3)c2=O)C(=O)N1.